The minimum atomic E-state index is -0.249. The molecule has 35 heavy (non-hydrogen) atoms. The number of para-hydroxylation sites is 1. The van der Waals surface area contributed by atoms with Crippen molar-refractivity contribution in [2.24, 2.45) is 0 Å². The van der Waals surface area contributed by atoms with Gasteiger partial charge in [0.1, 0.15) is 5.52 Å². The SMILES string of the molecule is CCOC(=O)CC(C)c1ccc(NC(=O)Cc2ccc3nc(Nc4ccccc4C)oc3c2)cn1. The Morgan fingerprint density at radius 1 is 1.11 bits per heavy atom. The number of aryl methyl sites for hydroxylation is 1. The van der Waals surface area contributed by atoms with Gasteiger partial charge >= 0.3 is 5.97 Å². The van der Waals surface area contributed by atoms with Gasteiger partial charge in [0.2, 0.25) is 5.91 Å². The van der Waals surface area contributed by atoms with E-state index >= 15 is 0 Å². The highest BCUT2D eigenvalue weighted by Gasteiger charge is 2.14. The molecule has 8 heteroatoms. The number of amides is 1. The molecule has 0 saturated carbocycles. The minimum Gasteiger partial charge on any atom is -0.466 e. The summed E-state index contributed by atoms with van der Waals surface area (Å²) >= 11 is 0. The first kappa shape index (κ1) is 23.9. The number of aromatic nitrogens is 2. The standard InChI is InChI=1S/C27H28N4O4/c1-4-34-26(33)13-18(3)21-12-10-20(16-28-21)29-25(32)15-19-9-11-23-24(14-19)35-27(31-23)30-22-8-6-5-7-17(22)2/h5-12,14,16,18H,4,13,15H2,1-3H3,(H,29,32)(H,30,31). The molecule has 8 nitrogen and oxygen atoms in total. The molecule has 4 rings (SSSR count). The molecule has 2 aromatic heterocycles. The van der Waals surface area contributed by atoms with Crippen LogP contribution in [-0.4, -0.2) is 28.5 Å². The minimum absolute atomic E-state index is 0.0716. The van der Waals surface area contributed by atoms with Gasteiger partial charge in [-0.3, -0.25) is 14.6 Å². The number of fused-ring (bicyclic) bond motifs is 1. The van der Waals surface area contributed by atoms with Crippen LogP contribution in [0.25, 0.3) is 11.1 Å². The van der Waals surface area contributed by atoms with E-state index in [1.165, 1.54) is 0 Å². The second kappa shape index (κ2) is 10.8. The third-order valence-electron chi connectivity index (χ3n) is 5.56. The summed E-state index contributed by atoms with van der Waals surface area (Å²) in [6.07, 6.45) is 2.04. The Kier molecular flexibility index (Phi) is 7.40. The second-order valence-electron chi connectivity index (χ2n) is 8.37. The van der Waals surface area contributed by atoms with Crippen LogP contribution in [0.2, 0.25) is 0 Å². The number of nitrogens with zero attached hydrogens (tertiary/aromatic N) is 2. The van der Waals surface area contributed by atoms with Crippen LogP contribution >= 0.6 is 0 Å². The molecule has 0 aliphatic heterocycles. The Morgan fingerprint density at radius 3 is 2.69 bits per heavy atom. The highest BCUT2D eigenvalue weighted by atomic mass is 16.5. The number of anilines is 3. The predicted molar refractivity (Wildman–Crippen MR) is 135 cm³/mol. The van der Waals surface area contributed by atoms with E-state index in [0.717, 1.165) is 22.5 Å². The van der Waals surface area contributed by atoms with Crippen molar-refractivity contribution >= 4 is 40.4 Å². The number of pyridine rings is 1. The quantitative estimate of drug-likeness (QED) is 0.309. The molecule has 0 saturated heterocycles. The van der Waals surface area contributed by atoms with Gasteiger partial charge in [0.15, 0.2) is 5.58 Å². The van der Waals surface area contributed by atoms with Crippen LogP contribution in [0.3, 0.4) is 0 Å². The molecule has 4 aromatic rings. The van der Waals surface area contributed by atoms with Crippen LogP contribution in [0.15, 0.2) is 65.2 Å². The topological polar surface area (TPSA) is 106 Å². The van der Waals surface area contributed by atoms with Crippen molar-refractivity contribution in [3.8, 4) is 0 Å². The molecular formula is C27H28N4O4. The number of benzene rings is 2. The van der Waals surface area contributed by atoms with Gasteiger partial charge in [-0.15, -0.1) is 0 Å². The number of nitrogens with one attached hydrogen (secondary N) is 2. The monoisotopic (exact) mass is 472 g/mol. The van der Waals surface area contributed by atoms with Gasteiger partial charge in [0.05, 0.1) is 31.3 Å². The second-order valence-corrected chi connectivity index (χ2v) is 8.37. The molecule has 0 spiro atoms. The molecule has 2 heterocycles. The lowest BCUT2D eigenvalue weighted by Crippen LogP contribution is -2.15. The summed E-state index contributed by atoms with van der Waals surface area (Å²) in [5.74, 6) is -0.491. The molecule has 1 unspecified atom stereocenters. The van der Waals surface area contributed by atoms with Gasteiger partial charge in [-0.25, -0.2) is 0 Å². The number of ether oxygens (including phenoxy) is 1. The van der Waals surface area contributed by atoms with Crippen molar-refractivity contribution in [3.63, 3.8) is 0 Å². The van der Waals surface area contributed by atoms with Gasteiger partial charge in [-0.05, 0) is 55.3 Å². The summed E-state index contributed by atoms with van der Waals surface area (Å²) in [5.41, 5.74) is 5.49. The average molecular weight is 473 g/mol. The Morgan fingerprint density at radius 2 is 1.94 bits per heavy atom. The van der Waals surface area contributed by atoms with Gasteiger partial charge in [0, 0.05) is 17.3 Å². The highest BCUT2D eigenvalue weighted by Crippen LogP contribution is 2.25. The van der Waals surface area contributed by atoms with Crippen molar-refractivity contribution < 1.29 is 18.7 Å². The first-order valence-electron chi connectivity index (χ1n) is 11.5. The zero-order chi connectivity index (χ0) is 24.8. The number of esters is 1. The fourth-order valence-electron chi connectivity index (χ4n) is 3.70. The van der Waals surface area contributed by atoms with E-state index in [1.807, 2.05) is 62.4 Å². The number of hydrogen-bond donors (Lipinski definition) is 2. The molecule has 0 aliphatic rings. The molecule has 0 bridgehead atoms. The Labute approximate surface area is 203 Å². The molecule has 2 aromatic carbocycles. The average Bonchev–Trinajstić information content (AvgIpc) is 3.22. The molecule has 1 atom stereocenters. The van der Waals surface area contributed by atoms with E-state index in [0.29, 0.717) is 29.4 Å². The smallest absolute Gasteiger partial charge is 0.306 e. The van der Waals surface area contributed by atoms with E-state index in [9.17, 15) is 9.59 Å². The maximum atomic E-state index is 12.6. The lowest BCUT2D eigenvalue weighted by atomic mass is 10.0. The highest BCUT2D eigenvalue weighted by molar-refractivity contribution is 5.92. The van der Waals surface area contributed by atoms with E-state index in [1.54, 1.807) is 19.2 Å². The first-order chi connectivity index (χ1) is 16.9. The van der Waals surface area contributed by atoms with Crippen LogP contribution in [0.1, 0.15) is 43.0 Å². The maximum absolute atomic E-state index is 12.6. The van der Waals surface area contributed by atoms with Crippen molar-refractivity contribution in [2.45, 2.75) is 39.5 Å². The van der Waals surface area contributed by atoms with Crippen LogP contribution in [0, 0.1) is 6.92 Å². The Bertz CT molecular complexity index is 1330. The molecule has 0 aliphatic carbocycles. The summed E-state index contributed by atoms with van der Waals surface area (Å²) in [6, 6.07) is 17.4. The lowest BCUT2D eigenvalue weighted by molar-refractivity contribution is -0.143. The summed E-state index contributed by atoms with van der Waals surface area (Å²) in [5, 5.41) is 6.05. The van der Waals surface area contributed by atoms with Gasteiger partial charge in [-0.2, -0.15) is 4.98 Å². The van der Waals surface area contributed by atoms with E-state index in [-0.39, 0.29) is 30.6 Å². The van der Waals surface area contributed by atoms with Crippen LogP contribution in [0.5, 0.6) is 0 Å². The Hall–Kier alpha value is -4.20. The largest absolute Gasteiger partial charge is 0.466 e. The summed E-state index contributed by atoms with van der Waals surface area (Å²) in [6.45, 7) is 6.07. The fourth-order valence-corrected chi connectivity index (χ4v) is 3.70. The van der Waals surface area contributed by atoms with Crippen molar-refractivity contribution in [1.82, 2.24) is 9.97 Å². The zero-order valence-corrected chi connectivity index (χ0v) is 20.0. The zero-order valence-electron chi connectivity index (χ0n) is 20.0. The molecule has 1 amide bonds. The van der Waals surface area contributed by atoms with E-state index in [4.69, 9.17) is 9.15 Å². The summed E-state index contributed by atoms with van der Waals surface area (Å²) in [7, 11) is 0. The number of hydrogen-bond acceptors (Lipinski definition) is 7. The van der Waals surface area contributed by atoms with Crippen LogP contribution < -0.4 is 10.6 Å². The van der Waals surface area contributed by atoms with Crippen molar-refractivity contribution in [1.29, 1.82) is 0 Å². The fraction of sp³-hybridized carbons (Fsp3) is 0.259. The molecule has 0 radical (unpaired) electrons. The summed E-state index contributed by atoms with van der Waals surface area (Å²) in [4.78, 5) is 33.1. The summed E-state index contributed by atoms with van der Waals surface area (Å²) < 4.78 is 10.8. The van der Waals surface area contributed by atoms with Gasteiger partial charge < -0.3 is 19.8 Å². The van der Waals surface area contributed by atoms with Gasteiger partial charge in [0.25, 0.3) is 6.01 Å². The molecule has 2 N–H and O–H groups in total. The number of oxazole rings is 1. The predicted octanol–water partition coefficient (Wildman–Crippen LogP) is 5.51. The van der Waals surface area contributed by atoms with Crippen LogP contribution in [-0.2, 0) is 20.7 Å². The molecular weight excluding hydrogens is 444 g/mol. The Balaban J connectivity index is 1.36. The molecule has 180 valence electrons. The lowest BCUT2D eigenvalue weighted by Gasteiger charge is -2.11. The molecule has 0 fully saturated rings. The normalized spacial score (nSPS) is 11.7. The third-order valence-corrected chi connectivity index (χ3v) is 5.56. The number of rotatable bonds is 9. The van der Waals surface area contributed by atoms with Crippen LogP contribution in [0.4, 0.5) is 17.4 Å². The van der Waals surface area contributed by atoms with Crippen molar-refractivity contribution in [2.75, 3.05) is 17.2 Å². The number of carbonyl (C=O) groups is 2. The third kappa shape index (κ3) is 6.23. The van der Waals surface area contributed by atoms with E-state index in [2.05, 4.69) is 20.6 Å². The first-order valence-corrected chi connectivity index (χ1v) is 11.5. The maximum Gasteiger partial charge on any atom is 0.306 e. The van der Waals surface area contributed by atoms with Gasteiger partial charge in [-0.1, -0.05) is 31.2 Å². The number of carbonyl (C=O) groups excluding carboxylic acids is 2. The van der Waals surface area contributed by atoms with Crippen molar-refractivity contribution in [3.05, 3.63) is 77.6 Å². The van der Waals surface area contributed by atoms with E-state index < -0.39 is 0 Å².